The summed E-state index contributed by atoms with van der Waals surface area (Å²) in [5.41, 5.74) is 5.95. The third kappa shape index (κ3) is 5.99. The summed E-state index contributed by atoms with van der Waals surface area (Å²) >= 11 is 4.94. The standard InChI is InChI=1S/C10H22N2S/c1-8(9(11)13)12(5)7-6-10(2,3)4/h8H,6-7H2,1-5H3,(H2,11,13). The predicted octanol–water partition coefficient (Wildman–Crippen LogP) is 2.03. The Balaban J connectivity index is 3.88. The molecular weight excluding hydrogens is 180 g/mol. The Kier molecular flexibility index (Phi) is 4.86. The molecule has 0 radical (unpaired) electrons. The van der Waals surface area contributed by atoms with Crippen molar-refractivity contribution in [3.8, 4) is 0 Å². The molecule has 0 saturated carbocycles. The van der Waals surface area contributed by atoms with Crippen LogP contribution in [0.4, 0.5) is 0 Å². The molecule has 0 aromatic carbocycles. The van der Waals surface area contributed by atoms with Crippen molar-refractivity contribution >= 4 is 17.2 Å². The van der Waals surface area contributed by atoms with Crippen LogP contribution in [0.15, 0.2) is 0 Å². The van der Waals surface area contributed by atoms with E-state index in [1.807, 2.05) is 6.92 Å². The van der Waals surface area contributed by atoms with Crippen LogP contribution in [0.2, 0.25) is 0 Å². The second-order valence-electron chi connectivity index (χ2n) is 4.87. The van der Waals surface area contributed by atoms with E-state index in [0.29, 0.717) is 10.4 Å². The van der Waals surface area contributed by atoms with Gasteiger partial charge in [0.2, 0.25) is 0 Å². The number of nitrogens with two attached hydrogens (primary N) is 1. The first-order chi connectivity index (χ1) is 5.74. The maximum absolute atomic E-state index is 5.57. The summed E-state index contributed by atoms with van der Waals surface area (Å²) in [4.78, 5) is 2.78. The lowest BCUT2D eigenvalue weighted by Crippen LogP contribution is -2.40. The fourth-order valence-corrected chi connectivity index (χ4v) is 1.10. The average Bonchev–Trinajstić information content (AvgIpc) is 1.97. The first-order valence-corrected chi connectivity index (χ1v) is 5.14. The van der Waals surface area contributed by atoms with Gasteiger partial charge >= 0.3 is 0 Å². The monoisotopic (exact) mass is 202 g/mol. The minimum absolute atomic E-state index is 0.206. The molecule has 0 saturated heterocycles. The Bertz CT molecular complexity index is 172. The van der Waals surface area contributed by atoms with Gasteiger partial charge in [0.25, 0.3) is 0 Å². The topological polar surface area (TPSA) is 29.3 Å². The van der Waals surface area contributed by atoms with Gasteiger partial charge in [0.15, 0.2) is 0 Å². The molecule has 0 aliphatic carbocycles. The summed E-state index contributed by atoms with van der Waals surface area (Å²) in [6.07, 6.45) is 1.16. The van der Waals surface area contributed by atoms with E-state index in [-0.39, 0.29) is 6.04 Å². The molecular formula is C10H22N2S. The number of thiocarbonyl (C=S) groups is 1. The van der Waals surface area contributed by atoms with Crippen LogP contribution in [0.1, 0.15) is 34.1 Å². The highest BCUT2D eigenvalue weighted by atomic mass is 32.1. The quantitative estimate of drug-likeness (QED) is 0.707. The van der Waals surface area contributed by atoms with Crippen LogP contribution >= 0.6 is 12.2 Å². The third-order valence-electron chi connectivity index (χ3n) is 2.29. The Labute approximate surface area is 87.5 Å². The van der Waals surface area contributed by atoms with Crippen molar-refractivity contribution in [1.82, 2.24) is 4.90 Å². The molecule has 0 heterocycles. The van der Waals surface area contributed by atoms with Gasteiger partial charge < -0.3 is 5.73 Å². The molecule has 0 aromatic heterocycles. The number of likely N-dealkylation sites (N-methyl/N-ethyl adjacent to an activating group) is 1. The van der Waals surface area contributed by atoms with Gasteiger partial charge in [0.05, 0.1) is 11.0 Å². The fraction of sp³-hybridized carbons (Fsp3) is 0.900. The van der Waals surface area contributed by atoms with Gasteiger partial charge in [-0.05, 0) is 32.4 Å². The molecule has 0 aromatic rings. The first-order valence-electron chi connectivity index (χ1n) is 4.73. The molecule has 0 rings (SSSR count). The van der Waals surface area contributed by atoms with E-state index >= 15 is 0 Å². The summed E-state index contributed by atoms with van der Waals surface area (Å²) < 4.78 is 0. The van der Waals surface area contributed by atoms with Crippen molar-refractivity contribution in [2.75, 3.05) is 13.6 Å². The van der Waals surface area contributed by atoms with E-state index in [2.05, 4.69) is 32.7 Å². The summed E-state index contributed by atoms with van der Waals surface area (Å²) in [5.74, 6) is 0. The molecule has 3 heteroatoms. The average molecular weight is 202 g/mol. The molecule has 13 heavy (non-hydrogen) atoms. The zero-order chi connectivity index (χ0) is 10.6. The number of nitrogens with zero attached hydrogens (tertiary/aromatic N) is 1. The van der Waals surface area contributed by atoms with E-state index in [4.69, 9.17) is 18.0 Å². The Morgan fingerprint density at radius 2 is 1.92 bits per heavy atom. The van der Waals surface area contributed by atoms with Gasteiger partial charge in [-0.15, -0.1) is 0 Å². The molecule has 0 aliphatic heterocycles. The van der Waals surface area contributed by atoms with Crippen LogP contribution in [0.3, 0.4) is 0 Å². The molecule has 78 valence electrons. The van der Waals surface area contributed by atoms with E-state index in [9.17, 15) is 0 Å². The highest BCUT2D eigenvalue weighted by molar-refractivity contribution is 7.80. The van der Waals surface area contributed by atoms with Gasteiger partial charge in [-0.3, -0.25) is 4.90 Å². The molecule has 2 nitrogen and oxygen atoms in total. The number of hydrogen-bond donors (Lipinski definition) is 1. The minimum Gasteiger partial charge on any atom is -0.392 e. The molecule has 0 aliphatic rings. The van der Waals surface area contributed by atoms with Gasteiger partial charge in [-0.25, -0.2) is 0 Å². The van der Waals surface area contributed by atoms with Crippen LogP contribution in [0.25, 0.3) is 0 Å². The lowest BCUT2D eigenvalue weighted by Gasteiger charge is -2.27. The molecule has 0 fully saturated rings. The van der Waals surface area contributed by atoms with Crippen molar-refractivity contribution in [2.24, 2.45) is 11.1 Å². The normalized spacial score (nSPS) is 14.6. The number of hydrogen-bond acceptors (Lipinski definition) is 2. The minimum atomic E-state index is 0.206. The fourth-order valence-electron chi connectivity index (χ4n) is 0.923. The summed E-state index contributed by atoms with van der Waals surface area (Å²) in [7, 11) is 2.07. The van der Waals surface area contributed by atoms with E-state index < -0.39 is 0 Å². The number of rotatable bonds is 4. The largest absolute Gasteiger partial charge is 0.392 e. The molecule has 1 unspecified atom stereocenters. The summed E-state index contributed by atoms with van der Waals surface area (Å²) in [5, 5.41) is 0. The van der Waals surface area contributed by atoms with Gasteiger partial charge in [0.1, 0.15) is 0 Å². The van der Waals surface area contributed by atoms with Gasteiger partial charge in [0, 0.05) is 0 Å². The maximum atomic E-state index is 5.57. The molecule has 2 N–H and O–H groups in total. The first kappa shape index (κ1) is 12.8. The summed E-state index contributed by atoms with van der Waals surface area (Å²) in [6, 6.07) is 0.206. The molecule has 0 bridgehead atoms. The van der Waals surface area contributed by atoms with Crippen LogP contribution in [0.5, 0.6) is 0 Å². The Morgan fingerprint density at radius 1 is 1.46 bits per heavy atom. The van der Waals surface area contributed by atoms with Crippen molar-refractivity contribution < 1.29 is 0 Å². The van der Waals surface area contributed by atoms with E-state index in [1.54, 1.807) is 0 Å². The predicted molar refractivity (Wildman–Crippen MR) is 62.9 cm³/mol. The molecule has 0 amide bonds. The Morgan fingerprint density at radius 3 is 2.23 bits per heavy atom. The Hall–Kier alpha value is -0.150. The van der Waals surface area contributed by atoms with Crippen LogP contribution < -0.4 is 5.73 Å². The second-order valence-corrected chi connectivity index (χ2v) is 5.34. The smallest absolute Gasteiger partial charge is 0.0899 e. The van der Waals surface area contributed by atoms with Crippen molar-refractivity contribution in [3.63, 3.8) is 0 Å². The lowest BCUT2D eigenvalue weighted by molar-refractivity contribution is 0.251. The maximum Gasteiger partial charge on any atom is 0.0899 e. The second kappa shape index (κ2) is 4.91. The van der Waals surface area contributed by atoms with Crippen LogP contribution in [-0.2, 0) is 0 Å². The highest BCUT2D eigenvalue weighted by Crippen LogP contribution is 2.18. The zero-order valence-electron chi connectivity index (χ0n) is 9.42. The SMILES string of the molecule is CC(C(N)=S)N(C)CCC(C)(C)C. The van der Waals surface area contributed by atoms with Crippen molar-refractivity contribution in [3.05, 3.63) is 0 Å². The third-order valence-corrected chi connectivity index (χ3v) is 2.63. The molecule has 0 spiro atoms. The van der Waals surface area contributed by atoms with Crippen molar-refractivity contribution in [1.29, 1.82) is 0 Å². The van der Waals surface area contributed by atoms with Crippen molar-refractivity contribution in [2.45, 2.75) is 40.2 Å². The zero-order valence-corrected chi connectivity index (χ0v) is 10.2. The highest BCUT2D eigenvalue weighted by Gasteiger charge is 2.15. The van der Waals surface area contributed by atoms with Gasteiger partial charge in [-0.2, -0.15) is 0 Å². The van der Waals surface area contributed by atoms with Gasteiger partial charge in [-0.1, -0.05) is 33.0 Å². The van der Waals surface area contributed by atoms with Crippen LogP contribution in [0, 0.1) is 5.41 Å². The van der Waals surface area contributed by atoms with E-state index in [1.165, 1.54) is 0 Å². The summed E-state index contributed by atoms with van der Waals surface area (Å²) in [6.45, 7) is 9.82. The lowest BCUT2D eigenvalue weighted by atomic mass is 9.92. The van der Waals surface area contributed by atoms with Crippen LogP contribution in [-0.4, -0.2) is 29.5 Å². The van der Waals surface area contributed by atoms with E-state index in [0.717, 1.165) is 13.0 Å². The molecule has 1 atom stereocenters.